The number of allylic oxidation sites excluding steroid dienone is 2. The molecule has 7 heteroatoms. The van der Waals surface area contributed by atoms with Crippen molar-refractivity contribution in [1.82, 2.24) is 4.48 Å². The largest absolute Gasteiger partial charge is 0.737 e. The fourth-order valence-electron chi connectivity index (χ4n) is 4.25. The maximum absolute atomic E-state index is 15.5. The summed E-state index contributed by atoms with van der Waals surface area (Å²) in [5.74, 6) is -0.570. The Bertz CT molecular complexity index is 1080. The number of halogens is 4. The van der Waals surface area contributed by atoms with Gasteiger partial charge in [0.1, 0.15) is 11.5 Å². The second kappa shape index (κ2) is 5.40. The predicted octanol–water partition coefficient (Wildman–Crippen LogP) is 5.33. The van der Waals surface area contributed by atoms with Gasteiger partial charge in [0.2, 0.25) is 0 Å². The molecule has 0 N–H and O–H groups in total. The third-order valence-electron chi connectivity index (χ3n) is 5.16. The zero-order valence-corrected chi connectivity index (χ0v) is 15.6. The van der Waals surface area contributed by atoms with Crippen LogP contribution in [0.1, 0.15) is 36.4 Å². The molecule has 2 aliphatic heterocycles. The van der Waals surface area contributed by atoms with Crippen molar-refractivity contribution in [2.45, 2.75) is 27.7 Å². The lowest BCUT2D eigenvalue weighted by molar-refractivity contribution is -0.363. The van der Waals surface area contributed by atoms with Gasteiger partial charge in [-0.3, -0.25) is 0 Å². The van der Waals surface area contributed by atoms with Crippen LogP contribution in [-0.4, -0.2) is 21.6 Å². The Hall–Kier alpha value is -2.21. The standard InChI is InChI=1S/C19H17BClF3N2/c1-10-8-12(3)25-18(10)16(14-6-5-7-15(22)17(14)21)19-11(2)9-13(4)26(19)20(25,23)24/h5-9H,1-4H3. The van der Waals surface area contributed by atoms with Gasteiger partial charge in [-0.15, -0.1) is 0 Å². The SMILES string of the molecule is CC1=CC(C)=[N+]2C1=C(c1cccc(F)c1Cl)c1c(C)cc(C)n1[B-]2(F)F. The van der Waals surface area contributed by atoms with Crippen molar-refractivity contribution in [1.29, 1.82) is 0 Å². The summed E-state index contributed by atoms with van der Waals surface area (Å²) in [6.45, 7) is 2.86. The molecule has 0 saturated carbocycles. The normalized spacial score (nSPS) is 18.2. The van der Waals surface area contributed by atoms with E-state index in [4.69, 9.17) is 11.6 Å². The summed E-state index contributed by atoms with van der Waals surface area (Å²) < 4.78 is 47.2. The molecule has 1 aromatic carbocycles. The van der Waals surface area contributed by atoms with E-state index in [0.29, 0.717) is 45.1 Å². The molecule has 1 aromatic heterocycles. The van der Waals surface area contributed by atoms with Gasteiger partial charge in [0.05, 0.1) is 10.6 Å². The van der Waals surface area contributed by atoms with E-state index in [1.807, 2.05) is 0 Å². The summed E-state index contributed by atoms with van der Waals surface area (Å²) in [6.07, 6.45) is 1.73. The Labute approximate surface area is 155 Å². The highest BCUT2D eigenvalue weighted by molar-refractivity contribution is 6.58. The predicted molar refractivity (Wildman–Crippen MR) is 99.4 cm³/mol. The Kier molecular flexibility index (Phi) is 3.57. The van der Waals surface area contributed by atoms with Crippen molar-refractivity contribution in [2.75, 3.05) is 0 Å². The van der Waals surface area contributed by atoms with Crippen LogP contribution in [0.2, 0.25) is 5.02 Å². The van der Waals surface area contributed by atoms with Crippen LogP contribution in [-0.2, 0) is 0 Å². The van der Waals surface area contributed by atoms with E-state index in [2.05, 4.69) is 0 Å². The van der Waals surface area contributed by atoms with Crippen LogP contribution in [0.25, 0.3) is 5.57 Å². The van der Waals surface area contributed by atoms with Gasteiger partial charge in [-0.25, -0.2) is 4.39 Å². The number of nitrogens with zero attached hydrogens (tertiary/aromatic N) is 2. The van der Waals surface area contributed by atoms with Gasteiger partial charge in [0.15, 0.2) is 5.70 Å². The van der Waals surface area contributed by atoms with E-state index >= 15 is 8.63 Å². The summed E-state index contributed by atoms with van der Waals surface area (Å²) in [7, 11) is 0. The van der Waals surface area contributed by atoms with E-state index in [1.165, 1.54) is 6.07 Å². The maximum atomic E-state index is 15.5. The molecule has 0 unspecified atom stereocenters. The van der Waals surface area contributed by atoms with Gasteiger partial charge in [-0.05, 0) is 44.2 Å². The van der Waals surface area contributed by atoms with Crippen molar-refractivity contribution in [3.05, 3.63) is 75.0 Å². The molecule has 0 amide bonds. The van der Waals surface area contributed by atoms with E-state index in [9.17, 15) is 4.39 Å². The number of hydrogen-bond acceptors (Lipinski definition) is 0. The molecule has 3 heterocycles. The van der Waals surface area contributed by atoms with Gasteiger partial charge in [-0.2, -0.15) is 0 Å². The molecule has 0 radical (unpaired) electrons. The molecular formula is C19H17BClF3N2. The lowest BCUT2D eigenvalue weighted by Crippen LogP contribution is -2.51. The minimum absolute atomic E-state index is 0.0603. The number of fused-ring (bicyclic) bond motifs is 2. The molecule has 26 heavy (non-hydrogen) atoms. The van der Waals surface area contributed by atoms with Crippen LogP contribution in [0.4, 0.5) is 13.0 Å². The van der Waals surface area contributed by atoms with Crippen LogP contribution in [0.5, 0.6) is 0 Å². The number of benzene rings is 1. The van der Waals surface area contributed by atoms with Crippen molar-refractivity contribution in [3.63, 3.8) is 0 Å². The number of aryl methyl sites for hydroxylation is 2. The summed E-state index contributed by atoms with van der Waals surface area (Å²) >= 11 is 6.25. The van der Waals surface area contributed by atoms with Gasteiger partial charge in [0.25, 0.3) is 0 Å². The smallest absolute Gasteiger partial charge is 0.393 e. The summed E-state index contributed by atoms with van der Waals surface area (Å²) in [4.78, 5) is 0. The van der Waals surface area contributed by atoms with Crippen LogP contribution in [0.15, 0.2) is 41.6 Å². The topological polar surface area (TPSA) is 7.94 Å². The van der Waals surface area contributed by atoms with E-state index in [0.717, 1.165) is 8.96 Å². The average Bonchev–Trinajstić information content (AvgIpc) is 3.01. The first kappa shape index (κ1) is 17.2. The molecule has 2 aliphatic rings. The average molecular weight is 377 g/mol. The third-order valence-corrected chi connectivity index (χ3v) is 5.54. The lowest BCUT2D eigenvalue weighted by atomic mass is 9.84. The van der Waals surface area contributed by atoms with Crippen molar-refractivity contribution < 1.29 is 17.5 Å². The van der Waals surface area contributed by atoms with E-state index < -0.39 is 12.8 Å². The number of aromatic nitrogens is 1. The Morgan fingerprint density at radius 2 is 1.81 bits per heavy atom. The number of hydrogen-bond donors (Lipinski definition) is 0. The van der Waals surface area contributed by atoms with E-state index in [-0.39, 0.29) is 5.02 Å². The monoisotopic (exact) mass is 376 g/mol. The molecule has 0 aliphatic carbocycles. The lowest BCUT2D eigenvalue weighted by Gasteiger charge is -2.34. The molecule has 134 valence electrons. The van der Waals surface area contributed by atoms with Crippen molar-refractivity contribution in [3.8, 4) is 0 Å². The van der Waals surface area contributed by atoms with Gasteiger partial charge < -0.3 is 17.6 Å². The first-order valence-electron chi connectivity index (χ1n) is 8.37. The van der Waals surface area contributed by atoms with Crippen LogP contribution in [0.3, 0.4) is 0 Å². The van der Waals surface area contributed by atoms with Crippen LogP contribution >= 0.6 is 11.6 Å². The zero-order chi connectivity index (χ0) is 19.0. The fourth-order valence-corrected chi connectivity index (χ4v) is 4.47. The zero-order valence-electron chi connectivity index (χ0n) is 14.9. The molecule has 0 fully saturated rings. The highest BCUT2D eigenvalue weighted by atomic mass is 35.5. The summed E-state index contributed by atoms with van der Waals surface area (Å²) in [5, 5.41) is -0.0603. The minimum atomic E-state index is -4.05. The van der Waals surface area contributed by atoms with Gasteiger partial charge in [0, 0.05) is 29.8 Å². The molecule has 4 rings (SSSR count). The second-order valence-corrected chi connectivity index (χ2v) is 7.32. The Morgan fingerprint density at radius 1 is 1.12 bits per heavy atom. The Balaban J connectivity index is 2.22. The highest BCUT2D eigenvalue weighted by Crippen LogP contribution is 2.45. The van der Waals surface area contributed by atoms with Crippen molar-refractivity contribution >= 4 is 29.9 Å². The molecule has 2 aromatic rings. The minimum Gasteiger partial charge on any atom is -0.393 e. The molecule has 0 atom stereocenters. The third kappa shape index (κ3) is 2.05. The number of rotatable bonds is 1. The fraction of sp³-hybridized carbons (Fsp3) is 0.211. The molecule has 0 spiro atoms. The van der Waals surface area contributed by atoms with Crippen molar-refractivity contribution in [2.24, 2.45) is 0 Å². The van der Waals surface area contributed by atoms with Gasteiger partial charge in [-0.1, -0.05) is 23.7 Å². The van der Waals surface area contributed by atoms with E-state index in [1.54, 1.807) is 52.0 Å². The highest BCUT2D eigenvalue weighted by Gasteiger charge is 2.55. The molecule has 0 saturated heterocycles. The quantitative estimate of drug-likeness (QED) is 0.595. The first-order valence-corrected chi connectivity index (χ1v) is 8.75. The summed E-state index contributed by atoms with van der Waals surface area (Å²) in [5.41, 5.74) is 4.10. The first-order chi connectivity index (χ1) is 12.2. The second-order valence-electron chi connectivity index (χ2n) is 6.94. The molecule has 0 bridgehead atoms. The van der Waals surface area contributed by atoms with Crippen LogP contribution in [0, 0.1) is 19.7 Å². The maximum Gasteiger partial charge on any atom is 0.737 e. The Morgan fingerprint density at radius 3 is 2.50 bits per heavy atom. The molecule has 2 nitrogen and oxygen atoms in total. The summed E-state index contributed by atoms with van der Waals surface area (Å²) in [6, 6.07) is 6.22. The van der Waals surface area contributed by atoms with Gasteiger partial charge >= 0.3 is 6.97 Å². The molecular weight excluding hydrogens is 359 g/mol. The van der Waals surface area contributed by atoms with Crippen LogP contribution < -0.4 is 0 Å².